The fraction of sp³-hybridized carbons (Fsp3) is 0.241. The number of aliphatic carboxylic acids is 1. The van der Waals surface area contributed by atoms with Gasteiger partial charge in [0.05, 0.1) is 17.2 Å². The van der Waals surface area contributed by atoms with Gasteiger partial charge in [0, 0.05) is 32.7 Å². The molecule has 1 aliphatic heterocycles. The smallest absolute Gasteiger partial charge is 0.325 e. The third kappa shape index (κ3) is 4.62. The van der Waals surface area contributed by atoms with Crippen LogP contribution in [0.2, 0.25) is 0 Å². The number of hydrogen-bond donors (Lipinski definition) is 1. The molecule has 39 heavy (non-hydrogen) atoms. The maximum atomic E-state index is 13.8. The predicted octanol–water partition coefficient (Wildman–Crippen LogP) is 3.84. The third-order valence-electron chi connectivity index (χ3n) is 7.41. The van der Waals surface area contributed by atoms with E-state index in [1.54, 1.807) is 49.2 Å². The van der Waals surface area contributed by atoms with Crippen molar-refractivity contribution in [3.63, 3.8) is 0 Å². The van der Waals surface area contributed by atoms with Crippen molar-refractivity contribution < 1.29 is 18.7 Å². The summed E-state index contributed by atoms with van der Waals surface area (Å²) in [7, 11) is 1.61. The van der Waals surface area contributed by atoms with Gasteiger partial charge < -0.3 is 14.6 Å². The molecule has 1 unspecified atom stereocenters. The average Bonchev–Trinajstić information content (AvgIpc) is 2.93. The summed E-state index contributed by atoms with van der Waals surface area (Å²) in [5, 5.41) is 19.9. The Morgan fingerprint density at radius 3 is 2.15 bits per heavy atom. The number of fused-ring (bicyclic) bond motifs is 1. The Hall–Kier alpha value is -4.62. The van der Waals surface area contributed by atoms with Crippen molar-refractivity contribution >= 4 is 22.7 Å². The van der Waals surface area contributed by atoms with Crippen LogP contribution >= 0.6 is 0 Å². The highest BCUT2D eigenvalue weighted by molar-refractivity contribution is 5.89. The fourth-order valence-electron chi connectivity index (χ4n) is 5.28. The van der Waals surface area contributed by atoms with Gasteiger partial charge in [-0.2, -0.15) is 5.26 Å². The number of anilines is 1. The number of nitrogens with zero attached hydrogens (tertiary/aromatic N) is 5. The van der Waals surface area contributed by atoms with Crippen molar-refractivity contribution in [3.05, 3.63) is 106 Å². The topological polar surface area (TPSA) is 102 Å². The molecule has 1 atom stereocenters. The monoisotopic (exact) mass is 529 g/mol. The van der Waals surface area contributed by atoms with E-state index in [1.807, 2.05) is 11.0 Å². The van der Waals surface area contributed by atoms with E-state index in [-0.39, 0.29) is 24.3 Å². The number of hydrogen-bond acceptors (Lipinski definition) is 6. The second-order valence-electron chi connectivity index (χ2n) is 9.80. The zero-order chi connectivity index (χ0) is 27.9. The van der Waals surface area contributed by atoms with Crippen molar-refractivity contribution in [2.75, 3.05) is 24.5 Å². The standard InChI is InChI=1S/C29H25F2N5O3/c1-29(28(38)39)17-35(24-15-25(37)34(2)23-12-11-22(16-32)33-26(23)24)13-14-36(29)27(18-3-7-20(30)8-4-18)19-5-9-21(31)10-6-19/h3-12,15,27H,13-14,17H2,1-2H3,(H,38,39). The molecule has 0 aliphatic carbocycles. The first kappa shape index (κ1) is 26.0. The molecule has 0 bridgehead atoms. The second kappa shape index (κ2) is 9.93. The Morgan fingerprint density at radius 1 is 1.03 bits per heavy atom. The van der Waals surface area contributed by atoms with Crippen LogP contribution < -0.4 is 10.5 Å². The van der Waals surface area contributed by atoms with Gasteiger partial charge in [-0.05, 0) is 54.4 Å². The quantitative estimate of drug-likeness (QED) is 0.419. The lowest BCUT2D eigenvalue weighted by Gasteiger charge is -2.50. The number of aromatic nitrogens is 2. The van der Waals surface area contributed by atoms with Gasteiger partial charge in [0.2, 0.25) is 0 Å². The van der Waals surface area contributed by atoms with Crippen molar-refractivity contribution in [3.8, 4) is 6.07 Å². The minimum Gasteiger partial charge on any atom is -0.480 e. The summed E-state index contributed by atoms with van der Waals surface area (Å²) >= 11 is 0. The van der Waals surface area contributed by atoms with Crippen LogP contribution in [0.4, 0.5) is 14.5 Å². The number of benzene rings is 2. The Kier molecular flexibility index (Phi) is 6.62. The minimum absolute atomic E-state index is 0.0120. The van der Waals surface area contributed by atoms with E-state index in [1.165, 1.54) is 41.0 Å². The Balaban J connectivity index is 1.62. The molecule has 10 heteroatoms. The number of carboxylic acids is 1. The van der Waals surface area contributed by atoms with Crippen molar-refractivity contribution in [2.24, 2.45) is 7.05 Å². The van der Waals surface area contributed by atoms with E-state index in [0.717, 1.165) is 0 Å². The van der Waals surface area contributed by atoms with Crippen LogP contribution in [0, 0.1) is 23.0 Å². The third-order valence-corrected chi connectivity index (χ3v) is 7.41. The van der Waals surface area contributed by atoms with Crippen molar-refractivity contribution in [1.29, 1.82) is 5.26 Å². The van der Waals surface area contributed by atoms with Gasteiger partial charge in [-0.25, -0.2) is 13.8 Å². The lowest BCUT2D eigenvalue weighted by molar-refractivity contribution is -0.152. The number of rotatable bonds is 5. The van der Waals surface area contributed by atoms with Crippen LogP contribution in [-0.4, -0.2) is 50.7 Å². The summed E-state index contributed by atoms with van der Waals surface area (Å²) in [6.07, 6.45) is 0. The lowest BCUT2D eigenvalue weighted by Crippen LogP contribution is -2.65. The SMILES string of the molecule is Cn1c(=O)cc(N2CCN(C(c3ccc(F)cc3)c3ccc(F)cc3)C(C)(C(=O)O)C2)c2nc(C#N)ccc21. The van der Waals surface area contributed by atoms with Crippen molar-refractivity contribution in [2.45, 2.75) is 18.5 Å². The Bertz CT molecular complexity index is 1620. The van der Waals surface area contributed by atoms with Crippen LogP contribution in [-0.2, 0) is 11.8 Å². The van der Waals surface area contributed by atoms with Gasteiger partial charge >= 0.3 is 5.97 Å². The lowest BCUT2D eigenvalue weighted by atomic mass is 9.88. The van der Waals surface area contributed by atoms with E-state index in [4.69, 9.17) is 0 Å². The number of pyridine rings is 2. The fourth-order valence-corrected chi connectivity index (χ4v) is 5.28. The second-order valence-corrected chi connectivity index (χ2v) is 9.80. The van der Waals surface area contributed by atoms with Crippen LogP contribution in [0.1, 0.15) is 29.8 Å². The molecule has 1 aliphatic rings. The van der Waals surface area contributed by atoms with Crippen molar-refractivity contribution in [1.82, 2.24) is 14.5 Å². The molecule has 0 amide bonds. The van der Waals surface area contributed by atoms with E-state index in [2.05, 4.69) is 4.98 Å². The molecule has 1 fully saturated rings. The number of nitriles is 1. The first-order valence-corrected chi connectivity index (χ1v) is 12.3. The predicted molar refractivity (Wildman–Crippen MR) is 141 cm³/mol. The van der Waals surface area contributed by atoms with Gasteiger partial charge in [0.1, 0.15) is 34.5 Å². The van der Waals surface area contributed by atoms with E-state index in [0.29, 0.717) is 34.4 Å². The van der Waals surface area contributed by atoms with Gasteiger partial charge in [-0.15, -0.1) is 0 Å². The first-order valence-electron chi connectivity index (χ1n) is 12.3. The zero-order valence-electron chi connectivity index (χ0n) is 21.3. The highest BCUT2D eigenvalue weighted by atomic mass is 19.1. The maximum absolute atomic E-state index is 13.8. The largest absolute Gasteiger partial charge is 0.480 e. The highest BCUT2D eigenvalue weighted by Crippen LogP contribution is 2.38. The number of carbonyl (C=O) groups is 1. The molecule has 5 rings (SSSR count). The molecule has 1 N–H and O–H groups in total. The molecular weight excluding hydrogens is 504 g/mol. The van der Waals surface area contributed by atoms with Gasteiger partial charge in [0.15, 0.2) is 0 Å². The van der Waals surface area contributed by atoms with Crippen LogP contribution in [0.5, 0.6) is 0 Å². The van der Waals surface area contributed by atoms with Crippen LogP contribution in [0.3, 0.4) is 0 Å². The van der Waals surface area contributed by atoms with Gasteiger partial charge in [0.25, 0.3) is 5.56 Å². The number of aryl methyl sites for hydroxylation is 1. The summed E-state index contributed by atoms with van der Waals surface area (Å²) < 4.78 is 29.0. The molecule has 8 nitrogen and oxygen atoms in total. The first-order chi connectivity index (χ1) is 18.6. The summed E-state index contributed by atoms with van der Waals surface area (Å²) in [6, 6.07) is 17.6. The molecule has 1 saturated heterocycles. The van der Waals surface area contributed by atoms with E-state index >= 15 is 0 Å². The Labute approximate surface area is 223 Å². The number of piperazine rings is 1. The molecule has 0 radical (unpaired) electrons. The molecule has 4 aromatic rings. The molecule has 2 aromatic carbocycles. The molecule has 3 heterocycles. The average molecular weight is 530 g/mol. The number of halogens is 2. The summed E-state index contributed by atoms with van der Waals surface area (Å²) in [4.78, 5) is 33.8. The van der Waals surface area contributed by atoms with E-state index < -0.39 is 29.2 Å². The zero-order valence-corrected chi connectivity index (χ0v) is 21.3. The van der Waals surface area contributed by atoms with Crippen LogP contribution in [0.25, 0.3) is 11.0 Å². The molecule has 0 saturated carbocycles. The summed E-state index contributed by atoms with van der Waals surface area (Å²) in [6.45, 7) is 2.17. The number of carboxylic acid groups (broad SMARTS) is 1. The van der Waals surface area contributed by atoms with Crippen LogP contribution in [0.15, 0.2) is 71.5 Å². The molecule has 198 valence electrons. The summed E-state index contributed by atoms with van der Waals surface area (Å²) in [5.74, 6) is -1.95. The normalized spacial score (nSPS) is 17.9. The van der Waals surface area contributed by atoms with E-state index in [9.17, 15) is 28.7 Å². The minimum atomic E-state index is -1.48. The van der Waals surface area contributed by atoms with Gasteiger partial charge in [-0.1, -0.05) is 24.3 Å². The summed E-state index contributed by atoms with van der Waals surface area (Å²) in [5.41, 5.74) is 1.10. The Morgan fingerprint density at radius 2 is 1.62 bits per heavy atom. The molecule has 2 aromatic heterocycles. The van der Waals surface area contributed by atoms with Gasteiger partial charge in [-0.3, -0.25) is 14.5 Å². The maximum Gasteiger partial charge on any atom is 0.325 e. The molecule has 0 spiro atoms. The highest BCUT2D eigenvalue weighted by Gasteiger charge is 2.48. The molecular formula is C29H25F2N5O3.